The average molecular weight is 501 g/mol. The average Bonchev–Trinajstić information content (AvgIpc) is 3.36. The summed E-state index contributed by atoms with van der Waals surface area (Å²) in [5.74, 6) is -9.90. The number of fused-ring (bicyclic) bond motifs is 2. The fraction of sp³-hybridized carbons (Fsp3) is 0.115. The zero-order chi connectivity index (χ0) is 25.7. The predicted octanol–water partition coefficient (Wildman–Crippen LogP) is 6.08. The lowest BCUT2D eigenvalue weighted by Crippen LogP contribution is -2.09. The van der Waals surface area contributed by atoms with Crippen LogP contribution in [0.3, 0.4) is 0 Å². The van der Waals surface area contributed by atoms with Crippen molar-refractivity contribution in [2.45, 2.75) is 6.61 Å². The molecule has 0 aliphatic carbocycles. The molecule has 0 amide bonds. The van der Waals surface area contributed by atoms with Gasteiger partial charge in [-0.15, -0.1) is 0 Å². The highest BCUT2D eigenvalue weighted by Gasteiger charge is 2.29. The number of aryl methyl sites for hydroxylation is 1. The minimum Gasteiger partial charge on any atom is -0.497 e. The van der Waals surface area contributed by atoms with Gasteiger partial charge in [-0.05, 0) is 36.4 Å². The van der Waals surface area contributed by atoms with Gasteiger partial charge in [0.15, 0.2) is 29.0 Å². The number of aromatic nitrogens is 1. The summed E-state index contributed by atoms with van der Waals surface area (Å²) in [6.07, 6.45) is 3.41. The summed E-state index contributed by atoms with van der Waals surface area (Å²) in [5, 5.41) is 0.837. The van der Waals surface area contributed by atoms with Crippen LogP contribution < -0.4 is 14.2 Å². The van der Waals surface area contributed by atoms with Gasteiger partial charge in [-0.1, -0.05) is 0 Å². The first-order chi connectivity index (χ1) is 17.2. The van der Waals surface area contributed by atoms with Crippen molar-refractivity contribution in [2.75, 3.05) is 7.11 Å². The minimum absolute atomic E-state index is 0.00152. The molecule has 0 bridgehead atoms. The largest absolute Gasteiger partial charge is 0.497 e. The Morgan fingerprint density at radius 1 is 0.917 bits per heavy atom. The molecule has 36 heavy (non-hydrogen) atoms. The molecule has 0 N–H and O–H groups in total. The van der Waals surface area contributed by atoms with E-state index in [-0.39, 0.29) is 22.8 Å². The maximum absolute atomic E-state index is 13.9. The fourth-order valence-electron chi connectivity index (χ4n) is 3.97. The van der Waals surface area contributed by atoms with E-state index in [4.69, 9.17) is 14.2 Å². The molecule has 3 aromatic carbocycles. The van der Waals surface area contributed by atoms with Gasteiger partial charge in [0.2, 0.25) is 11.6 Å². The van der Waals surface area contributed by atoms with Crippen molar-refractivity contribution in [1.29, 1.82) is 0 Å². The predicted molar refractivity (Wildman–Crippen MR) is 119 cm³/mol. The molecular formula is C26H16F5NO4. The summed E-state index contributed by atoms with van der Waals surface area (Å²) in [7, 11) is 3.41. The minimum atomic E-state index is -2.25. The third-order valence-electron chi connectivity index (χ3n) is 5.84. The Morgan fingerprint density at radius 3 is 2.28 bits per heavy atom. The molecular weight excluding hydrogens is 485 g/mol. The van der Waals surface area contributed by atoms with Gasteiger partial charge in [-0.2, -0.15) is 0 Å². The van der Waals surface area contributed by atoms with Crippen LogP contribution in [-0.2, 0) is 13.7 Å². The number of hydrogen-bond donors (Lipinski definition) is 0. The van der Waals surface area contributed by atoms with E-state index in [1.54, 1.807) is 13.2 Å². The molecule has 1 aliphatic heterocycles. The van der Waals surface area contributed by atoms with Crippen molar-refractivity contribution >= 4 is 22.8 Å². The van der Waals surface area contributed by atoms with Crippen LogP contribution in [0.5, 0.6) is 17.2 Å². The maximum atomic E-state index is 13.9. The van der Waals surface area contributed by atoms with E-state index in [0.29, 0.717) is 11.3 Å². The smallest absolute Gasteiger partial charge is 0.231 e. The Kier molecular flexibility index (Phi) is 5.66. The van der Waals surface area contributed by atoms with Crippen LogP contribution in [0.2, 0.25) is 0 Å². The quantitative estimate of drug-likeness (QED) is 0.144. The molecule has 10 heteroatoms. The van der Waals surface area contributed by atoms with E-state index in [1.807, 2.05) is 36.0 Å². The molecule has 0 radical (unpaired) electrons. The first-order valence-electron chi connectivity index (χ1n) is 10.5. The highest BCUT2D eigenvalue weighted by molar-refractivity contribution is 6.15. The van der Waals surface area contributed by atoms with Crippen LogP contribution in [0.25, 0.3) is 17.0 Å². The Hall–Kier alpha value is -4.34. The number of ketones is 1. The molecule has 0 fully saturated rings. The van der Waals surface area contributed by atoms with Gasteiger partial charge in [0.1, 0.15) is 23.9 Å². The number of benzene rings is 3. The van der Waals surface area contributed by atoms with Crippen molar-refractivity contribution in [2.24, 2.45) is 7.05 Å². The van der Waals surface area contributed by atoms with E-state index in [0.717, 1.165) is 10.9 Å². The second-order valence-corrected chi connectivity index (χ2v) is 8.01. The van der Waals surface area contributed by atoms with E-state index in [9.17, 15) is 26.7 Å². The lowest BCUT2D eigenvalue weighted by atomic mass is 10.1. The SMILES string of the molecule is COc1ccc2c(c1)c(/C=C1\Oc3cc(OCc4c(F)c(F)c(F)c(F)c4F)ccc3C1=O)cn2C. The molecule has 0 spiro atoms. The van der Waals surface area contributed by atoms with Crippen LogP contribution in [-0.4, -0.2) is 17.5 Å². The van der Waals surface area contributed by atoms with Gasteiger partial charge in [-0.3, -0.25) is 4.79 Å². The van der Waals surface area contributed by atoms with Crippen molar-refractivity contribution in [3.8, 4) is 17.2 Å². The van der Waals surface area contributed by atoms with Crippen molar-refractivity contribution in [3.63, 3.8) is 0 Å². The van der Waals surface area contributed by atoms with Gasteiger partial charge in [0.05, 0.1) is 18.2 Å². The molecule has 2 heterocycles. The number of carbonyl (C=O) groups excluding carboxylic acids is 1. The topological polar surface area (TPSA) is 49.7 Å². The zero-order valence-corrected chi connectivity index (χ0v) is 18.8. The Bertz CT molecular complexity index is 1560. The number of methoxy groups -OCH3 is 1. The molecule has 5 rings (SSSR count). The molecule has 0 unspecified atom stereocenters. The zero-order valence-electron chi connectivity index (χ0n) is 18.8. The first kappa shape index (κ1) is 23.4. The van der Waals surface area contributed by atoms with Crippen molar-refractivity contribution in [3.05, 3.63) is 94.1 Å². The van der Waals surface area contributed by atoms with Gasteiger partial charge in [0, 0.05) is 35.8 Å². The third-order valence-corrected chi connectivity index (χ3v) is 5.84. The van der Waals surface area contributed by atoms with E-state index >= 15 is 0 Å². The first-order valence-corrected chi connectivity index (χ1v) is 10.5. The monoisotopic (exact) mass is 501 g/mol. The van der Waals surface area contributed by atoms with Gasteiger partial charge >= 0.3 is 0 Å². The van der Waals surface area contributed by atoms with Crippen LogP contribution >= 0.6 is 0 Å². The molecule has 1 aromatic heterocycles. The lowest BCUT2D eigenvalue weighted by molar-refractivity contribution is 0.101. The standard InChI is InChI=1S/C26H16F5NO4/c1-32-10-12(16-8-13(34-2)4-6-18(16)32)7-20-26(33)15-5-3-14(9-19(15)36-20)35-11-17-21(27)23(29)25(31)24(30)22(17)28/h3-10H,11H2,1-2H3/b20-7-. The number of rotatable bonds is 5. The second-order valence-electron chi connectivity index (χ2n) is 8.01. The second kappa shape index (κ2) is 8.71. The summed E-state index contributed by atoms with van der Waals surface area (Å²) in [4.78, 5) is 12.9. The third kappa shape index (κ3) is 3.74. The van der Waals surface area contributed by atoms with Crippen LogP contribution in [0.1, 0.15) is 21.5 Å². The number of halogens is 5. The summed E-state index contributed by atoms with van der Waals surface area (Å²) >= 11 is 0. The number of carbonyl (C=O) groups is 1. The number of hydrogen-bond acceptors (Lipinski definition) is 4. The Labute approximate surface area is 200 Å². The van der Waals surface area contributed by atoms with Gasteiger partial charge < -0.3 is 18.8 Å². The van der Waals surface area contributed by atoms with Crippen molar-refractivity contribution < 1.29 is 41.0 Å². The highest BCUT2D eigenvalue weighted by Crippen LogP contribution is 2.36. The van der Waals surface area contributed by atoms with Crippen molar-refractivity contribution in [1.82, 2.24) is 4.57 Å². The molecule has 1 aliphatic rings. The fourth-order valence-corrected chi connectivity index (χ4v) is 3.97. The molecule has 0 saturated carbocycles. The van der Waals surface area contributed by atoms with Crippen LogP contribution in [0, 0.1) is 29.1 Å². The number of allylic oxidation sites excluding steroid dienone is 1. The Morgan fingerprint density at radius 2 is 1.58 bits per heavy atom. The van der Waals surface area contributed by atoms with Gasteiger partial charge in [0.25, 0.3) is 0 Å². The normalized spacial score (nSPS) is 13.9. The number of nitrogens with zero attached hydrogens (tertiary/aromatic N) is 1. The summed E-state index contributed by atoms with van der Waals surface area (Å²) in [5.41, 5.74) is 0.735. The number of Topliss-reactive ketones (excluding diaryl/α,β-unsaturated/α-hetero) is 1. The van der Waals surface area contributed by atoms with E-state index < -0.39 is 47.0 Å². The van der Waals surface area contributed by atoms with Crippen LogP contribution in [0.15, 0.2) is 48.4 Å². The summed E-state index contributed by atoms with van der Waals surface area (Å²) < 4.78 is 86.0. The molecule has 4 aromatic rings. The Balaban J connectivity index is 1.41. The summed E-state index contributed by atoms with van der Waals surface area (Å²) in [6.45, 7) is -0.931. The molecule has 184 valence electrons. The molecule has 0 atom stereocenters. The maximum Gasteiger partial charge on any atom is 0.231 e. The summed E-state index contributed by atoms with van der Waals surface area (Å²) in [6, 6.07) is 9.55. The van der Waals surface area contributed by atoms with E-state index in [2.05, 4.69) is 0 Å². The van der Waals surface area contributed by atoms with Gasteiger partial charge in [-0.25, -0.2) is 22.0 Å². The van der Waals surface area contributed by atoms with Crippen LogP contribution in [0.4, 0.5) is 22.0 Å². The highest BCUT2D eigenvalue weighted by atomic mass is 19.2. The molecule has 5 nitrogen and oxygen atoms in total. The molecule has 0 saturated heterocycles. The lowest BCUT2D eigenvalue weighted by Gasteiger charge is -2.10. The van der Waals surface area contributed by atoms with E-state index in [1.165, 1.54) is 18.2 Å². The number of ether oxygens (including phenoxy) is 3.